The number of piperidine rings is 1. The minimum Gasteiger partial charge on any atom is -0.464 e. The number of furan rings is 1. The molecule has 1 saturated heterocycles. The number of hydrogen-bond donors (Lipinski definition) is 2. The molecule has 1 amide bonds. The number of para-hydroxylation sites is 1. The second kappa shape index (κ2) is 11.3. The van der Waals surface area contributed by atoms with E-state index in [4.69, 9.17) is 9.15 Å². The lowest BCUT2D eigenvalue weighted by atomic mass is 9.85. The van der Waals surface area contributed by atoms with Gasteiger partial charge in [0.05, 0.1) is 23.4 Å². The van der Waals surface area contributed by atoms with Crippen LogP contribution in [0.3, 0.4) is 0 Å². The quantitative estimate of drug-likeness (QED) is 0.436. The number of carbonyl (C=O) groups is 1. The molecule has 2 aliphatic heterocycles. The fourth-order valence-corrected chi connectivity index (χ4v) is 7.33. The summed E-state index contributed by atoms with van der Waals surface area (Å²) in [5, 5.41) is 12.5. The van der Waals surface area contributed by atoms with E-state index in [0.29, 0.717) is 57.6 Å². The van der Waals surface area contributed by atoms with Crippen molar-refractivity contribution in [2.45, 2.75) is 62.6 Å². The van der Waals surface area contributed by atoms with Crippen LogP contribution in [0.15, 0.2) is 58.0 Å². The van der Waals surface area contributed by atoms with Gasteiger partial charge in [-0.3, -0.25) is 0 Å². The van der Waals surface area contributed by atoms with Crippen molar-refractivity contribution in [3.05, 3.63) is 65.4 Å². The lowest BCUT2D eigenvalue weighted by Crippen LogP contribution is -2.56. The molecule has 1 unspecified atom stereocenters. The van der Waals surface area contributed by atoms with Gasteiger partial charge in [-0.05, 0) is 68.4 Å². The molecule has 0 aliphatic carbocycles. The average molecular weight is 556 g/mol. The largest absolute Gasteiger partial charge is 0.464 e. The fraction of sp³-hybridized carbons (Fsp3) is 0.483. The first kappa shape index (κ1) is 27.6. The molecule has 0 bridgehead atoms. The maximum Gasteiger partial charge on any atom is 0.410 e. The van der Waals surface area contributed by atoms with Gasteiger partial charge >= 0.3 is 6.09 Å². The predicted molar refractivity (Wildman–Crippen MR) is 148 cm³/mol. The summed E-state index contributed by atoms with van der Waals surface area (Å²) in [4.78, 5) is 16.3. The van der Waals surface area contributed by atoms with Crippen LogP contribution in [0.2, 0.25) is 0 Å². The van der Waals surface area contributed by atoms with Gasteiger partial charge in [0.2, 0.25) is 10.0 Å². The fourth-order valence-electron chi connectivity index (χ4n) is 5.70. The van der Waals surface area contributed by atoms with E-state index in [9.17, 15) is 18.3 Å². The molecule has 2 aromatic carbocycles. The zero-order valence-electron chi connectivity index (χ0n) is 22.6. The number of aliphatic hydroxyl groups is 1. The molecule has 1 aromatic heterocycles. The molecule has 2 N–H and O–H groups in total. The number of nitrogens with one attached hydrogen (secondary N) is 1. The van der Waals surface area contributed by atoms with Crippen LogP contribution < -0.4 is 4.72 Å². The summed E-state index contributed by atoms with van der Waals surface area (Å²) in [6, 6.07) is 12.5. The van der Waals surface area contributed by atoms with Gasteiger partial charge in [-0.15, -0.1) is 0 Å². The Balaban J connectivity index is 1.19. The maximum atomic E-state index is 13.5. The van der Waals surface area contributed by atoms with Gasteiger partial charge in [0.1, 0.15) is 5.58 Å². The molecule has 1 atom stereocenters. The first-order valence-corrected chi connectivity index (χ1v) is 15.1. The van der Waals surface area contributed by atoms with E-state index >= 15 is 0 Å². The number of rotatable bonds is 8. The number of hydrogen-bond acceptors (Lipinski definition) is 7. The Morgan fingerprint density at radius 3 is 2.69 bits per heavy atom. The van der Waals surface area contributed by atoms with Crippen molar-refractivity contribution >= 4 is 27.1 Å². The molecule has 5 rings (SSSR count). The maximum absolute atomic E-state index is 13.5. The molecule has 0 radical (unpaired) electrons. The molecule has 10 heteroatoms. The van der Waals surface area contributed by atoms with Gasteiger partial charge in [0, 0.05) is 44.2 Å². The minimum atomic E-state index is -3.88. The highest BCUT2D eigenvalue weighted by Crippen LogP contribution is 2.30. The molecule has 0 spiro atoms. The Hall–Kier alpha value is -2.92. The molecule has 210 valence electrons. The van der Waals surface area contributed by atoms with Gasteiger partial charge in [0.15, 0.2) is 0 Å². The van der Waals surface area contributed by atoms with E-state index in [1.54, 1.807) is 30.9 Å². The number of fused-ring (bicyclic) bond motifs is 2. The third kappa shape index (κ3) is 5.84. The molecule has 1 fully saturated rings. The second-order valence-electron chi connectivity index (χ2n) is 10.6. The van der Waals surface area contributed by atoms with Crippen molar-refractivity contribution in [3.8, 4) is 0 Å². The molecule has 3 heterocycles. The second-order valence-corrected chi connectivity index (χ2v) is 12.2. The Labute approximate surface area is 229 Å². The van der Waals surface area contributed by atoms with Crippen molar-refractivity contribution in [3.63, 3.8) is 0 Å². The number of benzene rings is 2. The zero-order valence-corrected chi connectivity index (χ0v) is 23.4. The number of sulfonamides is 1. The highest BCUT2D eigenvalue weighted by molar-refractivity contribution is 7.89. The third-order valence-electron chi connectivity index (χ3n) is 8.16. The van der Waals surface area contributed by atoms with Gasteiger partial charge in [-0.1, -0.05) is 30.3 Å². The number of amides is 1. The van der Waals surface area contributed by atoms with Gasteiger partial charge < -0.3 is 24.1 Å². The third-order valence-corrected chi connectivity index (χ3v) is 9.78. The standard InChI is InChI=1S/C29H37N3O6S/c1-3-37-28(33)32-16-12-25-22(19-32)7-6-10-27(25)39(35,36)30-21(2)29(34)13-17-31(18-14-29)15-11-23-20-38-26-9-5-4-8-24(23)26/h4-10,20-21,30,34H,3,11-19H2,1-2H3. The van der Waals surface area contributed by atoms with E-state index in [1.807, 2.05) is 30.5 Å². The topological polar surface area (TPSA) is 112 Å². The lowest BCUT2D eigenvalue weighted by molar-refractivity contribution is -0.0402. The first-order valence-electron chi connectivity index (χ1n) is 13.6. The highest BCUT2D eigenvalue weighted by atomic mass is 32.2. The van der Waals surface area contributed by atoms with Crippen LogP contribution in [-0.4, -0.2) is 73.8 Å². The van der Waals surface area contributed by atoms with Crippen molar-refractivity contribution in [1.82, 2.24) is 14.5 Å². The highest BCUT2D eigenvalue weighted by Gasteiger charge is 2.40. The Morgan fingerprint density at radius 1 is 1.15 bits per heavy atom. The van der Waals surface area contributed by atoms with E-state index in [-0.39, 0.29) is 4.90 Å². The molecule has 39 heavy (non-hydrogen) atoms. The number of nitrogens with zero attached hydrogens (tertiary/aromatic N) is 2. The summed E-state index contributed by atoms with van der Waals surface area (Å²) in [6.45, 7) is 6.70. The van der Waals surface area contributed by atoms with E-state index < -0.39 is 27.8 Å². The molecular weight excluding hydrogens is 518 g/mol. The molecule has 0 saturated carbocycles. The van der Waals surface area contributed by atoms with Crippen LogP contribution in [0, 0.1) is 0 Å². The van der Waals surface area contributed by atoms with Crippen LogP contribution >= 0.6 is 0 Å². The van der Waals surface area contributed by atoms with Crippen molar-refractivity contribution in [2.75, 3.05) is 32.8 Å². The molecular formula is C29H37N3O6S. The Kier molecular flexibility index (Phi) is 8.00. The van der Waals surface area contributed by atoms with Gasteiger partial charge in [0.25, 0.3) is 0 Å². The van der Waals surface area contributed by atoms with Crippen LogP contribution in [0.5, 0.6) is 0 Å². The van der Waals surface area contributed by atoms with Crippen molar-refractivity contribution < 1.29 is 27.5 Å². The number of carbonyl (C=O) groups excluding carboxylic acids is 1. The summed E-state index contributed by atoms with van der Waals surface area (Å²) < 4.78 is 40.5. The summed E-state index contributed by atoms with van der Waals surface area (Å²) in [6.07, 6.45) is 3.65. The predicted octanol–water partition coefficient (Wildman–Crippen LogP) is 3.68. The summed E-state index contributed by atoms with van der Waals surface area (Å²) in [7, 11) is -3.88. The molecule has 2 aliphatic rings. The van der Waals surface area contributed by atoms with Gasteiger partial charge in [-0.2, -0.15) is 0 Å². The summed E-state index contributed by atoms with van der Waals surface area (Å²) in [5.74, 6) is 0. The molecule has 9 nitrogen and oxygen atoms in total. The van der Waals surface area contributed by atoms with Crippen LogP contribution in [0.4, 0.5) is 4.79 Å². The number of ether oxygens (including phenoxy) is 1. The monoisotopic (exact) mass is 555 g/mol. The van der Waals surface area contributed by atoms with Crippen LogP contribution in [0.25, 0.3) is 11.0 Å². The van der Waals surface area contributed by atoms with Gasteiger partial charge in [-0.25, -0.2) is 17.9 Å². The summed E-state index contributed by atoms with van der Waals surface area (Å²) in [5.41, 5.74) is 2.43. The van der Waals surface area contributed by atoms with E-state index in [2.05, 4.69) is 15.7 Å². The number of likely N-dealkylation sites (tertiary alicyclic amines) is 1. The van der Waals surface area contributed by atoms with Crippen molar-refractivity contribution in [1.29, 1.82) is 0 Å². The minimum absolute atomic E-state index is 0.212. The average Bonchev–Trinajstić information content (AvgIpc) is 3.35. The smallest absolute Gasteiger partial charge is 0.410 e. The Morgan fingerprint density at radius 2 is 1.92 bits per heavy atom. The van der Waals surface area contributed by atoms with E-state index in [1.165, 1.54) is 5.56 Å². The van der Waals surface area contributed by atoms with E-state index in [0.717, 1.165) is 29.5 Å². The van der Waals surface area contributed by atoms with Crippen molar-refractivity contribution in [2.24, 2.45) is 0 Å². The SMILES string of the molecule is CCOC(=O)N1CCc2c(cccc2S(=O)(=O)NC(C)C2(O)CCN(CCc3coc4ccccc34)CC2)C1. The molecule has 3 aromatic rings. The summed E-state index contributed by atoms with van der Waals surface area (Å²) >= 11 is 0. The lowest BCUT2D eigenvalue weighted by Gasteiger charge is -2.42. The zero-order chi connectivity index (χ0) is 27.6. The van der Waals surface area contributed by atoms with Crippen LogP contribution in [-0.2, 0) is 34.1 Å². The first-order chi connectivity index (χ1) is 18.7. The normalized spacial score (nSPS) is 18.6. The van der Waals surface area contributed by atoms with Crippen LogP contribution in [0.1, 0.15) is 43.4 Å². The Bertz CT molecular complexity index is 1430.